The summed E-state index contributed by atoms with van der Waals surface area (Å²) >= 11 is 0. The van der Waals surface area contributed by atoms with Crippen LogP contribution in [0.25, 0.3) is 0 Å². The molecule has 0 bridgehead atoms. The molecule has 236 valence electrons. The number of piperazine rings is 1. The predicted molar refractivity (Wildman–Crippen MR) is 163 cm³/mol. The van der Waals surface area contributed by atoms with Crippen LogP contribution in [0.1, 0.15) is 38.7 Å². The summed E-state index contributed by atoms with van der Waals surface area (Å²) in [5.41, 5.74) is 6.46. The lowest BCUT2D eigenvalue weighted by atomic mass is 10.2. The molecular weight excluding hydrogens is 556 g/mol. The molecule has 0 saturated carbocycles. The summed E-state index contributed by atoms with van der Waals surface area (Å²) in [4.78, 5) is 53.3. The number of nitrogen functional groups attached to an aromatic ring is 1. The second kappa shape index (κ2) is 17.2. The van der Waals surface area contributed by atoms with Gasteiger partial charge >= 0.3 is 17.7 Å². The van der Waals surface area contributed by atoms with Gasteiger partial charge in [0.25, 0.3) is 0 Å². The molecule has 2 heterocycles. The Morgan fingerprint density at radius 1 is 1.07 bits per heavy atom. The maximum absolute atomic E-state index is 13.5. The Labute approximate surface area is 252 Å². The van der Waals surface area contributed by atoms with Gasteiger partial charge in [-0.15, -0.1) is 0 Å². The molecule has 2 N–H and O–H groups in total. The van der Waals surface area contributed by atoms with Crippen LogP contribution in [0.3, 0.4) is 0 Å². The smallest absolute Gasteiger partial charge is 0.353 e. The lowest BCUT2D eigenvalue weighted by molar-refractivity contribution is -0.383. The molecule has 0 spiro atoms. The number of likely N-dealkylation sites (N-methyl/N-ethyl adjacent to an activating group) is 1. The number of rotatable bonds is 17. The average molecular weight is 601 g/mol. The molecule has 3 rings (SSSR count). The summed E-state index contributed by atoms with van der Waals surface area (Å²) < 4.78 is 10.7. The van der Waals surface area contributed by atoms with Crippen LogP contribution in [0.5, 0.6) is 6.01 Å². The Kier molecular flexibility index (Phi) is 13.4. The standard InChI is InChI=1S/C29H44N8O6/c1-4-6-19-43-29-31-27(30)26(37(40)41)28(32-29)36(22-25(39)42-5-2)14-10-13-35(20-23-11-8-7-9-12-23)24(38)21-34-17-15-33(3)16-18-34/h7-9,11-12H,4-6,10,13-22H2,1-3H3,(H2,30,31,32). The van der Waals surface area contributed by atoms with E-state index in [0.717, 1.165) is 44.6 Å². The van der Waals surface area contributed by atoms with Crippen molar-refractivity contribution in [3.8, 4) is 6.01 Å². The molecule has 1 aliphatic heterocycles. The molecular formula is C29H44N8O6. The van der Waals surface area contributed by atoms with Gasteiger partial charge in [-0.05, 0) is 32.4 Å². The number of benzene rings is 1. The van der Waals surface area contributed by atoms with Crippen LogP contribution < -0.4 is 15.4 Å². The van der Waals surface area contributed by atoms with E-state index >= 15 is 0 Å². The van der Waals surface area contributed by atoms with Crippen molar-refractivity contribution < 1.29 is 24.0 Å². The van der Waals surface area contributed by atoms with Crippen molar-refractivity contribution in [3.05, 3.63) is 46.0 Å². The third kappa shape index (κ3) is 10.6. The molecule has 1 aromatic heterocycles. The third-order valence-electron chi connectivity index (χ3n) is 7.09. The number of unbranched alkanes of at least 4 members (excludes halogenated alkanes) is 1. The highest BCUT2D eigenvalue weighted by Gasteiger charge is 2.30. The van der Waals surface area contributed by atoms with E-state index in [4.69, 9.17) is 15.2 Å². The molecule has 14 heteroatoms. The molecule has 1 fully saturated rings. The number of nitrogens with zero attached hydrogens (tertiary/aromatic N) is 7. The Hall–Kier alpha value is -4.04. The normalized spacial score (nSPS) is 13.8. The summed E-state index contributed by atoms with van der Waals surface area (Å²) in [6, 6.07) is 9.62. The highest BCUT2D eigenvalue weighted by molar-refractivity contribution is 5.79. The van der Waals surface area contributed by atoms with E-state index in [1.54, 1.807) is 11.8 Å². The molecule has 0 radical (unpaired) electrons. The van der Waals surface area contributed by atoms with Crippen molar-refractivity contribution in [2.75, 3.05) is 83.3 Å². The fraction of sp³-hybridized carbons (Fsp3) is 0.586. The monoisotopic (exact) mass is 600 g/mol. The fourth-order valence-corrected chi connectivity index (χ4v) is 4.67. The maximum Gasteiger partial charge on any atom is 0.353 e. The van der Waals surface area contributed by atoms with Gasteiger partial charge in [0.2, 0.25) is 17.5 Å². The number of ether oxygens (including phenoxy) is 2. The van der Waals surface area contributed by atoms with Gasteiger partial charge in [-0.25, -0.2) is 0 Å². The number of anilines is 2. The first-order valence-corrected chi connectivity index (χ1v) is 14.8. The van der Waals surface area contributed by atoms with Gasteiger partial charge in [0.05, 0.1) is 24.7 Å². The second-order valence-electron chi connectivity index (χ2n) is 10.5. The van der Waals surface area contributed by atoms with Crippen LogP contribution in [0, 0.1) is 10.1 Å². The zero-order valence-electron chi connectivity index (χ0n) is 25.4. The topological polar surface area (TPSA) is 160 Å². The van der Waals surface area contributed by atoms with E-state index in [1.165, 1.54) is 4.90 Å². The summed E-state index contributed by atoms with van der Waals surface area (Å²) in [6.45, 7) is 8.53. The average Bonchev–Trinajstić information content (AvgIpc) is 2.97. The summed E-state index contributed by atoms with van der Waals surface area (Å²) in [5.74, 6) is -1.07. The van der Waals surface area contributed by atoms with Crippen molar-refractivity contribution in [1.29, 1.82) is 0 Å². The number of carbonyl (C=O) groups excluding carboxylic acids is 2. The lowest BCUT2D eigenvalue weighted by Crippen LogP contribution is -2.49. The van der Waals surface area contributed by atoms with E-state index in [-0.39, 0.29) is 43.2 Å². The molecule has 14 nitrogen and oxygen atoms in total. The molecule has 1 aromatic carbocycles. The van der Waals surface area contributed by atoms with E-state index in [2.05, 4.69) is 26.8 Å². The van der Waals surface area contributed by atoms with Crippen LogP contribution in [-0.2, 0) is 20.9 Å². The molecule has 2 aromatic rings. The molecule has 1 amide bonds. The minimum absolute atomic E-state index is 0.00535. The first-order valence-electron chi connectivity index (χ1n) is 14.8. The van der Waals surface area contributed by atoms with Gasteiger partial charge < -0.3 is 29.9 Å². The molecule has 43 heavy (non-hydrogen) atoms. The van der Waals surface area contributed by atoms with Gasteiger partial charge in [0.1, 0.15) is 6.54 Å². The maximum atomic E-state index is 13.5. The number of hydrogen-bond donors (Lipinski definition) is 1. The molecule has 0 unspecified atom stereocenters. The first-order chi connectivity index (χ1) is 20.7. The summed E-state index contributed by atoms with van der Waals surface area (Å²) in [5, 5.41) is 12.0. The molecule has 1 saturated heterocycles. The molecule has 0 atom stereocenters. The highest BCUT2D eigenvalue weighted by Crippen LogP contribution is 2.33. The fourth-order valence-electron chi connectivity index (χ4n) is 4.67. The van der Waals surface area contributed by atoms with E-state index in [0.29, 0.717) is 32.7 Å². The predicted octanol–water partition coefficient (Wildman–Crippen LogP) is 2.18. The largest absolute Gasteiger partial charge is 0.465 e. The number of carbonyl (C=O) groups is 2. The Morgan fingerprint density at radius 3 is 2.44 bits per heavy atom. The summed E-state index contributed by atoms with van der Waals surface area (Å²) in [6.07, 6.45) is 2.01. The number of nitrogens with two attached hydrogens (primary N) is 1. The van der Waals surface area contributed by atoms with Gasteiger partial charge in [0, 0.05) is 45.8 Å². The van der Waals surface area contributed by atoms with E-state index in [1.807, 2.05) is 37.3 Å². The van der Waals surface area contributed by atoms with Crippen molar-refractivity contribution >= 4 is 29.2 Å². The van der Waals surface area contributed by atoms with E-state index in [9.17, 15) is 19.7 Å². The Bertz CT molecular complexity index is 1190. The quantitative estimate of drug-likeness (QED) is 0.122. The molecule has 1 aliphatic rings. The number of hydrogen-bond acceptors (Lipinski definition) is 12. The molecule has 0 aliphatic carbocycles. The van der Waals surface area contributed by atoms with Crippen molar-refractivity contribution in [3.63, 3.8) is 0 Å². The van der Waals surface area contributed by atoms with Gasteiger partial charge in [0.15, 0.2) is 0 Å². The third-order valence-corrected chi connectivity index (χ3v) is 7.09. The Morgan fingerprint density at radius 2 is 1.79 bits per heavy atom. The van der Waals surface area contributed by atoms with Crippen LogP contribution in [0.15, 0.2) is 30.3 Å². The number of aromatic nitrogens is 2. The number of nitro groups is 1. The first kappa shape index (κ1) is 33.5. The van der Waals surface area contributed by atoms with Gasteiger partial charge in [-0.2, -0.15) is 9.97 Å². The minimum atomic E-state index is -0.667. The number of amides is 1. The Balaban J connectivity index is 1.82. The van der Waals surface area contributed by atoms with Crippen LogP contribution >= 0.6 is 0 Å². The van der Waals surface area contributed by atoms with Gasteiger partial charge in [-0.3, -0.25) is 24.6 Å². The second-order valence-corrected chi connectivity index (χ2v) is 10.5. The lowest BCUT2D eigenvalue weighted by Gasteiger charge is -2.33. The van der Waals surface area contributed by atoms with Crippen molar-refractivity contribution in [2.24, 2.45) is 0 Å². The van der Waals surface area contributed by atoms with Crippen LogP contribution in [0.2, 0.25) is 0 Å². The zero-order chi connectivity index (χ0) is 31.2. The number of esters is 1. The van der Waals surface area contributed by atoms with Crippen LogP contribution in [-0.4, -0.2) is 114 Å². The van der Waals surface area contributed by atoms with E-state index < -0.39 is 16.6 Å². The SMILES string of the molecule is CCCCOc1nc(N)c([N+](=O)[O-])c(N(CCCN(Cc2ccccc2)C(=O)CN2CCN(C)CC2)CC(=O)OCC)n1. The zero-order valence-corrected chi connectivity index (χ0v) is 25.4. The van der Waals surface area contributed by atoms with Crippen LogP contribution in [0.4, 0.5) is 17.3 Å². The van der Waals surface area contributed by atoms with Crippen molar-refractivity contribution in [1.82, 2.24) is 24.7 Å². The summed E-state index contributed by atoms with van der Waals surface area (Å²) in [7, 11) is 2.07. The van der Waals surface area contributed by atoms with Crippen molar-refractivity contribution in [2.45, 2.75) is 39.7 Å². The van der Waals surface area contributed by atoms with Gasteiger partial charge in [-0.1, -0.05) is 43.7 Å². The minimum Gasteiger partial charge on any atom is -0.465 e. The highest BCUT2D eigenvalue weighted by atomic mass is 16.6.